The van der Waals surface area contributed by atoms with Gasteiger partial charge < -0.3 is 45.6 Å². The Bertz CT molecular complexity index is 1490. The van der Waals surface area contributed by atoms with Crippen LogP contribution in [0.3, 0.4) is 0 Å². The molecule has 70 heavy (non-hydrogen) atoms. The van der Waals surface area contributed by atoms with Crippen molar-refractivity contribution in [2.75, 3.05) is 23.4 Å². The van der Waals surface area contributed by atoms with Crippen LogP contribution in [0.5, 0.6) is 0 Å². The number of carbonyl (C=O) groups excluding carboxylic acids is 4. The molecule has 1 aromatic heterocycles. The summed E-state index contributed by atoms with van der Waals surface area (Å²) in [5, 5.41) is 65.0. The van der Waals surface area contributed by atoms with Crippen molar-refractivity contribution >= 4 is 41.3 Å². The van der Waals surface area contributed by atoms with Gasteiger partial charge in [0.15, 0.2) is 5.82 Å². The van der Waals surface area contributed by atoms with E-state index in [0.29, 0.717) is 12.8 Å². The smallest absolute Gasteiger partial charge is 0.306 e. The number of nitrogens with zero attached hydrogens (tertiary/aromatic N) is 3. The number of anilines is 1. The average Bonchev–Trinajstić information content (AvgIpc) is 3.80. The molecule has 2 rings (SSSR count). The second-order valence-corrected chi connectivity index (χ2v) is 20.8. The lowest BCUT2D eigenvalue weighted by Gasteiger charge is -2.41. The topological polar surface area (TPSA) is 243 Å². The number of esters is 2. The van der Waals surface area contributed by atoms with E-state index >= 15 is 0 Å². The third-order valence-electron chi connectivity index (χ3n) is 13.4. The van der Waals surface area contributed by atoms with Crippen molar-refractivity contribution in [1.29, 1.82) is 0 Å². The first kappa shape index (κ1) is 63.3. The fraction of sp³-hybridized carbons (Fsp3) is 0.887. The normalized spacial score (nSPS) is 19.9. The van der Waals surface area contributed by atoms with Crippen LogP contribution in [0, 0.1) is 0 Å². The van der Waals surface area contributed by atoms with Crippen molar-refractivity contribution in [1.82, 2.24) is 20.3 Å². The molecule has 2 amide bonds. The Morgan fingerprint density at radius 2 is 0.957 bits per heavy atom. The molecule has 1 aromatic rings. The van der Waals surface area contributed by atoms with Gasteiger partial charge in [-0.2, -0.15) is 11.8 Å². The number of hydrogen-bond donors (Lipinski definition) is 7. The van der Waals surface area contributed by atoms with Gasteiger partial charge in [-0.15, -0.1) is 5.10 Å². The maximum Gasteiger partial charge on any atom is 0.306 e. The van der Waals surface area contributed by atoms with Gasteiger partial charge in [0, 0.05) is 30.8 Å². The number of thioether (sulfide) groups is 1. The van der Waals surface area contributed by atoms with Gasteiger partial charge in [0.2, 0.25) is 11.8 Å². The third-order valence-corrected chi connectivity index (χ3v) is 14.5. The Hall–Kier alpha value is -2.83. The zero-order valence-corrected chi connectivity index (χ0v) is 44.4. The summed E-state index contributed by atoms with van der Waals surface area (Å²) in [6, 6.07) is -2.47. The number of hydrogen-bond acceptors (Lipinski definition) is 14. The lowest BCUT2D eigenvalue weighted by atomic mass is 9.83. The number of nitrogens with one attached hydrogen (secondary N) is 2. The molecular weight excluding hydrogens is 915 g/mol. The molecule has 0 radical (unpaired) electrons. The van der Waals surface area contributed by atoms with Crippen LogP contribution in [-0.2, 0) is 28.7 Å². The summed E-state index contributed by atoms with van der Waals surface area (Å²) in [5.74, 6) is -1.49. The standard InChI is InChI=1S/C53H97N5O11S/c1-4-7-10-13-16-19-22-25-28-31-34-44(59)54-42(53(67)55-43-37-58(57-56-43)47-48(62)50(64)52(66)51(65)49(47)63)40-70-39-41(69-46(61)36-33-30-27-24-21-18-15-12-9-6-3)38-68-45(60)35-32-29-26-23-20-17-14-11-8-5-2/h37,41-42,47-52,62-66H,4-36,38-40H2,1-3H3,(H,54,59)(H,55,67)/t41-,42-,47?,48+,49+,50-,51+,52?/m1/s1. The highest BCUT2D eigenvalue weighted by Crippen LogP contribution is 2.30. The summed E-state index contributed by atoms with van der Waals surface area (Å²) in [6.07, 6.45) is 26.3. The summed E-state index contributed by atoms with van der Waals surface area (Å²) in [6.45, 7) is 6.51. The predicted molar refractivity (Wildman–Crippen MR) is 277 cm³/mol. The Morgan fingerprint density at radius 1 is 0.557 bits per heavy atom. The van der Waals surface area contributed by atoms with Gasteiger partial charge in [-0.05, 0) is 19.3 Å². The highest BCUT2D eigenvalue weighted by Gasteiger charge is 2.49. The Labute approximate surface area is 425 Å². The van der Waals surface area contributed by atoms with Crippen molar-refractivity contribution < 1.29 is 54.2 Å². The molecule has 0 bridgehead atoms. The zero-order chi connectivity index (χ0) is 51.2. The van der Waals surface area contributed by atoms with Crippen molar-refractivity contribution in [3.05, 3.63) is 6.20 Å². The molecule has 1 aliphatic rings. The molecule has 2 unspecified atom stereocenters. The quantitative estimate of drug-likeness (QED) is 0.0238. The summed E-state index contributed by atoms with van der Waals surface area (Å²) >= 11 is 1.27. The fourth-order valence-corrected chi connectivity index (χ4v) is 9.92. The number of aromatic nitrogens is 3. The van der Waals surface area contributed by atoms with Crippen LogP contribution in [0.1, 0.15) is 239 Å². The number of aliphatic hydroxyl groups excluding tert-OH is 5. The first-order valence-corrected chi connectivity index (χ1v) is 28.9. The van der Waals surface area contributed by atoms with E-state index in [1.807, 2.05) is 0 Å². The SMILES string of the molecule is CCCCCCCCCCCCC(=O)N[C@H](CSC[C@@H](COC(=O)CCCCCCCCCCCC)OC(=O)CCCCCCCCCCCC)C(=O)Nc1cn(C2[C@H](O)[C@H](O)C(O)[C@H](O)[C@H]2O)nn1. The van der Waals surface area contributed by atoms with Gasteiger partial charge >= 0.3 is 11.9 Å². The largest absolute Gasteiger partial charge is 0.462 e. The molecule has 1 heterocycles. The Balaban J connectivity index is 2.05. The molecule has 0 saturated heterocycles. The molecule has 1 saturated carbocycles. The van der Waals surface area contributed by atoms with Gasteiger partial charge in [-0.25, -0.2) is 4.68 Å². The minimum Gasteiger partial charge on any atom is -0.462 e. The van der Waals surface area contributed by atoms with Crippen LogP contribution < -0.4 is 10.6 Å². The third kappa shape index (κ3) is 28.4. The molecule has 1 aliphatic carbocycles. The molecule has 17 heteroatoms. The lowest BCUT2D eigenvalue weighted by Crippen LogP contribution is -2.61. The van der Waals surface area contributed by atoms with Crippen LogP contribution in [0.25, 0.3) is 0 Å². The summed E-state index contributed by atoms with van der Waals surface area (Å²) in [7, 11) is 0. The molecule has 8 atom stereocenters. The van der Waals surface area contributed by atoms with E-state index in [4.69, 9.17) is 9.47 Å². The molecule has 0 aromatic carbocycles. The summed E-state index contributed by atoms with van der Waals surface area (Å²) < 4.78 is 12.5. The first-order chi connectivity index (χ1) is 33.9. The number of unbranched alkanes of at least 4 members (excludes halogenated alkanes) is 27. The maximum absolute atomic E-state index is 13.8. The number of carbonyl (C=O) groups is 4. The second-order valence-electron chi connectivity index (χ2n) is 19.8. The molecule has 0 aliphatic heterocycles. The highest BCUT2D eigenvalue weighted by molar-refractivity contribution is 7.99. The number of aliphatic hydroxyl groups is 5. The van der Waals surface area contributed by atoms with Crippen LogP contribution in [0.4, 0.5) is 5.82 Å². The minimum atomic E-state index is -1.79. The average molecular weight is 1010 g/mol. The Kier molecular flexibility index (Phi) is 36.7. The molecule has 7 N–H and O–H groups in total. The van der Waals surface area contributed by atoms with Crippen LogP contribution in [0.15, 0.2) is 6.20 Å². The lowest BCUT2D eigenvalue weighted by molar-refractivity contribution is -0.200. The van der Waals surface area contributed by atoms with Gasteiger partial charge in [0.05, 0.1) is 6.20 Å². The van der Waals surface area contributed by atoms with E-state index in [1.54, 1.807) is 0 Å². The molecule has 406 valence electrons. The fourth-order valence-electron chi connectivity index (χ4n) is 8.89. The summed E-state index contributed by atoms with van der Waals surface area (Å²) in [4.78, 5) is 53.1. The second kappa shape index (κ2) is 40.6. The van der Waals surface area contributed by atoms with Gasteiger partial charge in [0.25, 0.3) is 0 Å². The molecular formula is C53H97N5O11S. The van der Waals surface area contributed by atoms with Gasteiger partial charge in [0.1, 0.15) is 55.3 Å². The Morgan fingerprint density at radius 3 is 1.41 bits per heavy atom. The molecule has 0 spiro atoms. The van der Waals surface area contributed by atoms with Crippen molar-refractivity contribution in [2.24, 2.45) is 0 Å². The van der Waals surface area contributed by atoms with Crippen molar-refractivity contribution in [2.45, 2.75) is 281 Å². The number of rotatable bonds is 44. The number of ether oxygens (including phenoxy) is 2. The summed E-state index contributed by atoms with van der Waals surface area (Å²) in [5.41, 5.74) is 0. The van der Waals surface area contributed by atoms with E-state index in [9.17, 15) is 44.7 Å². The maximum atomic E-state index is 13.8. The van der Waals surface area contributed by atoms with Gasteiger partial charge in [-0.3, -0.25) is 19.2 Å². The van der Waals surface area contributed by atoms with E-state index in [0.717, 1.165) is 68.9 Å². The number of amides is 2. The highest BCUT2D eigenvalue weighted by atomic mass is 32.2. The van der Waals surface area contributed by atoms with Crippen molar-refractivity contribution in [3.63, 3.8) is 0 Å². The molecule has 16 nitrogen and oxygen atoms in total. The van der Waals surface area contributed by atoms with E-state index < -0.39 is 54.6 Å². The van der Waals surface area contributed by atoms with Crippen LogP contribution in [0.2, 0.25) is 0 Å². The van der Waals surface area contributed by atoms with E-state index in [2.05, 4.69) is 41.7 Å². The zero-order valence-electron chi connectivity index (χ0n) is 43.6. The minimum absolute atomic E-state index is 0.0686. The van der Waals surface area contributed by atoms with Crippen LogP contribution >= 0.6 is 11.8 Å². The van der Waals surface area contributed by atoms with E-state index in [-0.39, 0.29) is 61.0 Å². The monoisotopic (exact) mass is 1010 g/mol. The van der Waals surface area contributed by atoms with Gasteiger partial charge in [-0.1, -0.05) is 199 Å². The van der Waals surface area contributed by atoms with E-state index in [1.165, 1.54) is 134 Å². The van der Waals surface area contributed by atoms with Crippen LogP contribution in [-0.4, -0.2) is 125 Å². The predicted octanol–water partition coefficient (Wildman–Crippen LogP) is 9.18. The van der Waals surface area contributed by atoms with Crippen molar-refractivity contribution in [3.8, 4) is 0 Å². The first-order valence-electron chi connectivity index (χ1n) is 27.8. The molecule has 1 fully saturated rings.